The van der Waals surface area contributed by atoms with Gasteiger partial charge in [-0.25, -0.2) is 12.7 Å². The van der Waals surface area contributed by atoms with Crippen LogP contribution < -0.4 is 5.32 Å². The fraction of sp³-hybridized carbons (Fsp3) is 0.917. The van der Waals surface area contributed by atoms with Crippen LogP contribution in [0.4, 0.5) is 0 Å². The van der Waals surface area contributed by atoms with Crippen LogP contribution in [-0.4, -0.2) is 44.5 Å². The summed E-state index contributed by atoms with van der Waals surface area (Å²) in [7, 11) is -3.21. The Morgan fingerprint density at radius 1 is 1.11 bits per heavy atom. The Balaban J connectivity index is 4.13. The van der Waals surface area contributed by atoms with Crippen LogP contribution in [0.2, 0.25) is 0 Å². The minimum atomic E-state index is -3.21. The highest BCUT2D eigenvalue weighted by molar-refractivity contribution is 7.88. The van der Waals surface area contributed by atoms with E-state index in [9.17, 15) is 13.2 Å². The predicted molar refractivity (Wildman–Crippen MR) is 73.9 cm³/mol. The Bertz CT molecular complexity index is 328. The third-order valence-corrected chi connectivity index (χ3v) is 3.94. The maximum Gasteiger partial charge on any atom is 0.221 e. The van der Waals surface area contributed by atoms with Gasteiger partial charge in [0.15, 0.2) is 0 Å². The molecule has 0 fully saturated rings. The van der Waals surface area contributed by atoms with Crippen molar-refractivity contribution >= 4 is 15.9 Å². The molecular formula is C12H26N2O3S. The zero-order valence-corrected chi connectivity index (χ0v) is 12.6. The van der Waals surface area contributed by atoms with Crippen LogP contribution in [0.25, 0.3) is 0 Å². The van der Waals surface area contributed by atoms with Crippen LogP contribution in [0.1, 0.15) is 46.0 Å². The van der Waals surface area contributed by atoms with Crippen LogP contribution in [-0.2, 0) is 14.8 Å². The van der Waals surface area contributed by atoms with Gasteiger partial charge in [-0.2, -0.15) is 0 Å². The fourth-order valence-corrected chi connectivity index (χ4v) is 2.44. The van der Waals surface area contributed by atoms with E-state index in [1.54, 1.807) is 0 Å². The lowest BCUT2D eigenvalue weighted by Gasteiger charge is -2.19. The lowest BCUT2D eigenvalue weighted by atomic mass is 10.2. The smallest absolute Gasteiger partial charge is 0.221 e. The van der Waals surface area contributed by atoms with Crippen LogP contribution in [0, 0.1) is 0 Å². The van der Waals surface area contributed by atoms with Gasteiger partial charge in [0, 0.05) is 26.1 Å². The summed E-state index contributed by atoms with van der Waals surface area (Å²) in [5.41, 5.74) is 0. The summed E-state index contributed by atoms with van der Waals surface area (Å²) in [5.74, 6) is -0.0824. The van der Waals surface area contributed by atoms with E-state index in [2.05, 4.69) is 12.2 Å². The molecule has 1 N–H and O–H groups in total. The van der Waals surface area contributed by atoms with Crippen LogP contribution >= 0.6 is 0 Å². The van der Waals surface area contributed by atoms with Gasteiger partial charge in [-0.3, -0.25) is 4.79 Å². The molecule has 0 aliphatic carbocycles. The van der Waals surface area contributed by atoms with Gasteiger partial charge in [0.25, 0.3) is 0 Å². The molecule has 0 aromatic heterocycles. The molecule has 5 nitrogen and oxygen atoms in total. The Morgan fingerprint density at radius 2 is 1.78 bits per heavy atom. The topological polar surface area (TPSA) is 66.5 Å². The Morgan fingerprint density at radius 3 is 2.28 bits per heavy atom. The number of carbonyl (C=O) groups is 1. The quantitative estimate of drug-likeness (QED) is 0.613. The predicted octanol–water partition coefficient (Wildman–Crippen LogP) is 1.35. The number of nitrogens with one attached hydrogen (secondary N) is 1. The zero-order chi connectivity index (χ0) is 14.0. The van der Waals surface area contributed by atoms with Crippen LogP contribution in [0.5, 0.6) is 0 Å². The van der Waals surface area contributed by atoms with Crippen molar-refractivity contribution in [1.29, 1.82) is 0 Å². The summed E-state index contributed by atoms with van der Waals surface area (Å²) >= 11 is 0. The summed E-state index contributed by atoms with van der Waals surface area (Å²) in [5, 5.41) is 2.75. The van der Waals surface area contributed by atoms with Crippen molar-refractivity contribution in [3.8, 4) is 0 Å². The zero-order valence-electron chi connectivity index (χ0n) is 11.7. The molecule has 0 heterocycles. The van der Waals surface area contributed by atoms with Gasteiger partial charge in [-0.1, -0.05) is 26.7 Å². The number of carbonyl (C=O) groups excluding carboxylic acids is 1. The molecule has 108 valence electrons. The van der Waals surface area contributed by atoms with Crippen molar-refractivity contribution in [3.63, 3.8) is 0 Å². The van der Waals surface area contributed by atoms with Gasteiger partial charge in [-0.15, -0.1) is 0 Å². The summed E-state index contributed by atoms with van der Waals surface area (Å²) < 4.78 is 24.5. The molecule has 0 rings (SSSR count). The van der Waals surface area contributed by atoms with E-state index in [1.165, 1.54) is 10.6 Å². The largest absolute Gasteiger partial charge is 0.356 e. The van der Waals surface area contributed by atoms with E-state index in [0.29, 0.717) is 13.1 Å². The highest BCUT2D eigenvalue weighted by atomic mass is 32.2. The van der Waals surface area contributed by atoms with Crippen molar-refractivity contribution in [2.24, 2.45) is 0 Å². The van der Waals surface area contributed by atoms with E-state index in [-0.39, 0.29) is 18.9 Å². The molecule has 0 aliphatic heterocycles. The summed E-state index contributed by atoms with van der Waals surface area (Å²) in [4.78, 5) is 11.4. The number of rotatable bonds is 10. The molecule has 0 spiro atoms. The van der Waals surface area contributed by atoms with Crippen molar-refractivity contribution in [1.82, 2.24) is 9.62 Å². The monoisotopic (exact) mass is 278 g/mol. The second-order valence-corrected chi connectivity index (χ2v) is 6.45. The maximum atomic E-state index is 11.5. The standard InChI is InChI=1S/C12H26N2O3S/c1-4-6-7-10-14(18(3,16)17)11-8-12(15)13-9-5-2/h4-11H2,1-3H3,(H,13,15). The third-order valence-electron chi connectivity index (χ3n) is 2.64. The first-order chi connectivity index (χ1) is 8.41. The molecule has 6 heteroatoms. The molecule has 0 saturated heterocycles. The van der Waals surface area contributed by atoms with E-state index in [4.69, 9.17) is 0 Å². The molecular weight excluding hydrogens is 252 g/mol. The fourth-order valence-electron chi connectivity index (χ4n) is 1.56. The first-order valence-electron chi connectivity index (χ1n) is 6.63. The van der Waals surface area contributed by atoms with Gasteiger partial charge in [-0.05, 0) is 12.8 Å². The molecule has 0 unspecified atom stereocenters. The third kappa shape index (κ3) is 8.47. The van der Waals surface area contributed by atoms with E-state index < -0.39 is 10.0 Å². The van der Waals surface area contributed by atoms with Gasteiger partial charge in [0.2, 0.25) is 15.9 Å². The van der Waals surface area contributed by atoms with Crippen molar-refractivity contribution in [2.75, 3.05) is 25.9 Å². The number of unbranched alkanes of at least 4 members (excludes halogenated alkanes) is 2. The molecule has 1 amide bonds. The van der Waals surface area contributed by atoms with Gasteiger partial charge in [0.05, 0.1) is 6.26 Å². The molecule has 18 heavy (non-hydrogen) atoms. The number of hydrogen-bond donors (Lipinski definition) is 1. The van der Waals surface area contributed by atoms with Crippen molar-refractivity contribution in [2.45, 2.75) is 46.0 Å². The van der Waals surface area contributed by atoms with Gasteiger partial charge in [0.1, 0.15) is 0 Å². The van der Waals surface area contributed by atoms with E-state index >= 15 is 0 Å². The Hall–Kier alpha value is -0.620. The number of hydrogen-bond acceptors (Lipinski definition) is 3. The SMILES string of the molecule is CCCCCN(CCC(=O)NCCC)S(C)(=O)=O. The second-order valence-electron chi connectivity index (χ2n) is 4.47. The average Bonchev–Trinajstić information content (AvgIpc) is 2.29. The normalized spacial score (nSPS) is 11.8. The van der Waals surface area contributed by atoms with Crippen LogP contribution in [0.3, 0.4) is 0 Å². The minimum Gasteiger partial charge on any atom is -0.356 e. The summed E-state index contributed by atoms with van der Waals surface area (Å²) in [6.07, 6.45) is 5.23. The number of amides is 1. The second kappa shape index (κ2) is 9.33. The average molecular weight is 278 g/mol. The molecule has 0 radical (unpaired) electrons. The summed E-state index contributed by atoms with van der Waals surface area (Å²) in [6, 6.07) is 0. The highest BCUT2D eigenvalue weighted by Gasteiger charge is 2.16. The number of sulfonamides is 1. The van der Waals surface area contributed by atoms with Crippen LogP contribution in [0.15, 0.2) is 0 Å². The molecule has 0 aliphatic rings. The molecule has 0 aromatic carbocycles. The Kier molecular flexibility index (Phi) is 9.01. The Labute approximate surface area is 111 Å². The molecule has 0 aromatic rings. The molecule has 0 bridgehead atoms. The van der Waals surface area contributed by atoms with Crippen molar-refractivity contribution < 1.29 is 13.2 Å². The van der Waals surface area contributed by atoms with E-state index in [0.717, 1.165) is 25.7 Å². The lowest BCUT2D eigenvalue weighted by molar-refractivity contribution is -0.121. The molecule has 0 saturated carbocycles. The summed E-state index contributed by atoms with van der Waals surface area (Å²) in [6.45, 7) is 5.48. The van der Waals surface area contributed by atoms with E-state index in [1.807, 2.05) is 6.92 Å². The minimum absolute atomic E-state index is 0.0824. The lowest BCUT2D eigenvalue weighted by Crippen LogP contribution is -2.35. The maximum absolute atomic E-state index is 11.5. The first-order valence-corrected chi connectivity index (χ1v) is 8.48. The van der Waals surface area contributed by atoms with Gasteiger partial charge < -0.3 is 5.32 Å². The van der Waals surface area contributed by atoms with Crippen molar-refractivity contribution in [3.05, 3.63) is 0 Å². The molecule has 0 atom stereocenters. The first kappa shape index (κ1) is 17.4. The number of nitrogens with zero attached hydrogens (tertiary/aromatic N) is 1. The highest BCUT2D eigenvalue weighted by Crippen LogP contribution is 2.04. The van der Waals surface area contributed by atoms with Gasteiger partial charge >= 0.3 is 0 Å².